The molecule has 5 rings (SSSR count). The van der Waals surface area contributed by atoms with Gasteiger partial charge in [-0.1, -0.05) is 92.9 Å². The van der Waals surface area contributed by atoms with Crippen molar-refractivity contribution in [1.82, 2.24) is 9.63 Å². The fourth-order valence-corrected chi connectivity index (χ4v) is 6.96. The summed E-state index contributed by atoms with van der Waals surface area (Å²) >= 11 is 0. The van der Waals surface area contributed by atoms with Crippen molar-refractivity contribution >= 4 is 61.9 Å². The average Bonchev–Trinajstić information content (AvgIpc) is 3.42. The Hall–Kier alpha value is -5.31. The molecule has 0 aliphatic heterocycles. The number of amides is 1. The molecular weight excluding hydrogens is 642 g/mol. The largest absolute Gasteiger partial charge is 0.340 e. The third kappa shape index (κ3) is 8.03. The number of carbonyl (C=O) groups excluding carboxylic acids is 4. The Morgan fingerprint density at radius 1 is 0.824 bits per heavy atom. The summed E-state index contributed by atoms with van der Waals surface area (Å²) in [5, 5.41) is 8.96. The van der Waals surface area contributed by atoms with Gasteiger partial charge in [0, 0.05) is 72.1 Å². The minimum atomic E-state index is -0.627. The van der Waals surface area contributed by atoms with Crippen LogP contribution in [0, 0.1) is 12.8 Å². The minimum Gasteiger partial charge on any atom is -0.340 e. The lowest BCUT2D eigenvalue weighted by atomic mass is 9.92. The van der Waals surface area contributed by atoms with E-state index in [1.165, 1.54) is 20.8 Å². The molecule has 1 amide bonds. The molecule has 5 aromatic rings. The first-order chi connectivity index (χ1) is 24.4. The van der Waals surface area contributed by atoms with E-state index >= 15 is 0 Å². The van der Waals surface area contributed by atoms with E-state index < -0.39 is 23.9 Å². The van der Waals surface area contributed by atoms with Crippen LogP contribution in [0.4, 0.5) is 0 Å². The molecule has 1 heterocycles. The number of fused-ring (bicyclic) bond motifs is 5. The lowest BCUT2D eigenvalue weighted by Gasteiger charge is -2.26. The molecule has 0 aliphatic carbocycles. The molecule has 0 saturated carbocycles. The van der Waals surface area contributed by atoms with Crippen LogP contribution in [-0.2, 0) is 30.6 Å². The number of hydrogen-bond acceptors (Lipinski definition) is 7. The summed E-state index contributed by atoms with van der Waals surface area (Å²) < 4.78 is 2.40. The van der Waals surface area contributed by atoms with E-state index in [1.54, 1.807) is 6.92 Å². The van der Waals surface area contributed by atoms with Gasteiger partial charge in [0.2, 0.25) is 0 Å². The monoisotopic (exact) mass is 689 g/mol. The summed E-state index contributed by atoms with van der Waals surface area (Å²) in [6.45, 7) is 12.8. The highest BCUT2D eigenvalue weighted by molar-refractivity contribution is 6.26. The van der Waals surface area contributed by atoms with E-state index in [4.69, 9.17) is 9.68 Å². The molecule has 0 spiro atoms. The fourth-order valence-electron chi connectivity index (χ4n) is 6.96. The summed E-state index contributed by atoms with van der Waals surface area (Å²) in [7, 11) is 0. The van der Waals surface area contributed by atoms with Crippen molar-refractivity contribution in [3.05, 3.63) is 95.1 Å². The Morgan fingerprint density at radius 2 is 1.53 bits per heavy atom. The Labute approximate surface area is 299 Å². The lowest BCUT2D eigenvalue weighted by molar-refractivity contribution is -0.202. The number of aryl methyl sites for hydroxylation is 1. The van der Waals surface area contributed by atoms with Crippen LogP contribution in [0.5, 0.6) is 0 Å². The topological polar surface area (TPSA) is 107 Å². The fraction of sp³-hybridized carbons (Fsp3) is 0.357. The quantitative estimate of drug-likeness (QED) is 0.0528. The molecule has 2 atom stereocenters. The van der Waals surface area contributed by atoms with Crippen molar-refractivity contribution in [2.45, 2.75) is 93.2 Å². The van der Waals surface area contributed by atoms with E-state index in [9.17, 15) is 19.2 Å². The predicted octanol–water partition coefficient (Wildman–Crippen LogP) is 9.08. The number of ketones is 1. The minimum absolute atomic E-state index is 0.0432. The molecule has 0 bridgehead atoms. The number of aromatic nitrogens is 1. The third-order valence-electron chi connectivity index (χ3n) is 9.53. The van der Waals surface area contributed by atoms with Crippen molar-refractivity contribution < 1.29 is 28.9 Å². The molecule has 0 N–H and O–H groups in total. The Balaban J connectivity index is 1.78. The molecule has 0 radical (unpaired) electrons. The van der Waals surface area contributed by atoms with Gasteiger partial charge in [0.15, 0.2) is 5.78 Å². The summed E-state index contributed by atoms with van der Waals surface area (Å²) in [5.41, 5.74) is 5.31. The second-order valence-electron chi connectivity index (χ2n) is 13.4. The van der Waals surface area contributed by atoms with Gasteiger partial charge in [-0.05, 0) is 55.3 Å². The standard InChI is InChI=1S/C42H47N3O6/c1-8-10-16-31(9-2)25-44-40-21-20-32(39(43-50-29(6)47)22-27(4)45(28(5)46)51-30(7)48)23-36(40)37-24-38(34-18-13-14-19-35(34)41(37)44)42(49)33-17-12-11-15-26(33)3/h11-15,17-21,23-24,27,31H,8-10,16,22,25H2,1-7H3/b43-39-. The van der Waals surface area contributed by atoms with E-state index in [0.717, 1.165) is 75.4 Å². The highest BCUT2D eigenvalue weighted by Gasteiger charge is 2.26. The van der Waals surface area contributed by atoms with Crippen molar-refractivity contribution in [3.63, 3.8) is 0 Å². The number of carbonyl (C=O) groups is 4. The van der Waals surface area contributed by atoms with Gasteiger partial charge < -0.3 is 14.2 Å². The number of oxime groups is 1. The number of hydroxylamine groups is 2. The lowest BCUT2D eigenvalue weighted by Crippen LogP contribution is -2.39. The Kier molecular flexibility index (Phi) is 11.7. The molecule has 9 nitrogen and oxygen atoms in total. The number of nitrogens with zero attached hydrogens (tertiary/aromatic N) is 3. The summed E-state index contributed by atoms with van der Waals surface area (Å²) in [6.07, 6.45) is 4.54. The molecule has 0 saturated heterocycles. The average molecular weight is 690 g/mol. The van der Waals surface area contributed by atoms with Gasteiger partial charge in [0.05, 0.1) is 17.3 Å². The summed E-state index contributed by atoms with van der Waals surface area (Å²) in [6, 6.07) is 23.2. The molecule has 1 aromatic heterocycles. The molecule has 2 unspecified atom stereocenters. The van der Waals surface area contributed by atoms with Crippen LogP contribution in [-0.4, -0.2) is 45.0 Å². The van der Waals surface area contributed by atoms with Gasteiger partial charge in [-0.15, -0.1) is 0 Å². The molecule has 0 aliphatic rings. The SMILES string of the molecule is CCCCC(CC)Cn1c2ccc(/C(CC(C)N(OC(C)=O)C(C)=O)=N\OC(C)=O)cc2c2cc(C(=O)c3ccccc3C)c3ccccc3c21. The zero-order valence-electron chi connectivity index (χ0n) is 30.6. The van der Waals surface area contributed by atoms with Crippen molar-refractivity contribution in [2.24, 2.45) is 11.1 Å². The maximum absolute atomic E-state index is 14.3. The zero-order chi connectivity index (χ0) is 36.8. The first-order valence-corrected chi connectivity index (χ1v) is 17.8. The molecule has 9 heteroatoms. The van der Waals surface area contributed by atoms with Crippen LogP contribution < -0.4 is 0 Å². The highest BCUT2D eigenvalue weighted by atomic mass is 16.7. The predicted molar refractivity (Wildman–Crippen MR) is 202 cm³/mol. The van der Waals surface area contributed by atoms with Gasteiger partial charge in [-0.25, -0.2) is 4.79 Å². The second kappa shape index (κ2) is 16.1. The van der Waals surface area contributed by atoms with Crippen molar-refractivity contribution in [3.8, 4) is 0 Å². The van der Waals surface area contributed by atoms with E-state index in [2.05, 4.69) is 35.7 Å². The second-order valence-corrected chi connectivity index (χ2v) is 13.4. The van der Waals surface area contributed by atoms with E-state index in [-0.39, 0.29) is 12.2 Å². The van der Waals surface area contributed by atoms with Crippen LogP contribution in [0.1, 0.15) is 101 Å². The molecule has 0 fully saturated rings. The van der Waals surface area contributed by atoms with E-state index in [0.29, 0.717) is 28.3 Å². The van der Waals surface area contributed by atoms with Crippen LogP contribution in [0.15, 0.2) is 78.0 Å². The third-order valence-corrected chi connectivity index (χ3v) is 9.53. The van der Waals surface area contributed by atoms with Gasteiger partial charge >= 0.3 is 11.9 Å². The van der Waals surface area contributed by atoms with Crippen molar-refractivity contribution in [2.75, 3.05) is 0 Å². The van der Waals surface area contributed by atoms with Gasteiger partial charge in [-0.3, -0.25) is 14.4 Å². The normalized spacial score (nSPS) is 13.0. The number of unbranched alkanes of at least 4 members (excludes halogenated alkanes) is 1. The van der Waals surface area contributed by atoms with Gasteiger partial charge in [0.25, 0.3) is 5.91 Å². The smallest absolute Gasteiger partial charge is 0.331 e. The molecule has 51 heavy (non-hydrogen) atoms. The first-order valence-electron chi connectivity index (χ1n) is 17.8. The number of benzene rings is 4. The van der Waals surface area contributed by atoms with Crippen molar-refractivity contribution in [1.29, 1.82) is 0 Å². The van der Waals surface area contributed by atoms with Crippen LogP contribution in [0.2, 0.25) is 0 Å². The zero-order valence-corrected chi connectivity index (χ0v) is 30.6. The van der Waals surface area contributed by atoms with Gasteiger partial charge in [0.1, 0.15) is 0 Å². The summed E-state index contributed by atoms with van der Waals surface area (Å²) in [5.74, 6) is -1.26. The highest BCUT2D eigenvalue weighted by Crippen LogP contribution is 2.39. The number of rotatable bonds is 13. The van der Waals surface area contributed by atoms with Gasteiger partial charge in [-0.2, -0.15) is 5.06 Å². The molecule has 266 valence electrons. The maximum atomic E-state index is 14.3. The van der Waals surface area contributed by atoms with Crippen LogP contribution in [0.25, 0.3) is 32.6 Å². The van der Waals surface area contributed by atoms with Crippen LogP contribution >= 0.6 is 0 Å². The molecule has 4 aromatic carbocycles. The Morgan fingerprint density at radius 3 is 2.18 bits per heavy atom. The number of hydrogen-bond donors (Lipinski definition) is 0. The van der Waals surface area contributed by atoms with Crippen LogP contribution in [0.3, 0.4) is 0 Å². The van der Waals surface area contributed by atoms with E-state index in [1.807, 2.05) is 67.6 Å². The summed E-state index contributed by atoms with van der Waals surface area (Å²) in [4.78, 5) is 60.8. The molecular formula is C42H47N3O6. The Bertz CT molecular complexity index is 2150. The maximum Gasteiger partial charge on any atom is 0.331 e. The first kappa shape index (κ1) is 37.0.